The van der Waals surface area contributed by atoms with Gasteiger partial charge < -0.3 is 9.64 Å². The number of ether oxygens (including phenoxy) is 1. The molecule has 1 amide bonds. The average molecular weight is 275 g/mol. The van der Waals surface area contributed by atoms with Gasteiger partial charge in [0.1, 0.15) is 5.60 Å². The summed E-state index contributed by atoms with van der Waals surface area (Å²) in [5.74, 6) is 0.507. The number of carbonyl (C=O) groups is 1. The molecule has 5 heteroatoms. The predicted octanol–water partition coefficient (Wildman–Crippen LogP) is 2.29. The summed E-state index contributed by atoms with van der Waals surface area (Å²) in [4.78, 5) is 22.8. The molecule has 0 N–H and O–H groups in total. The van der Waals surface area contributed by atoms with E-state index >= 15 is 0 Å². The molecule has 0 spiro atoms. The summed E-state index contributed by atoms with van der Waals surface area (Å²) in [6.45, 7) is 9.07. The lowest BCUT2D eigenvalue weighted by Gasteiger charge is -2.26. The van der Waals surface area contributed by atoms with E-state index in [4.69, 9.17) is 4.74 Å². The molecule has 1 aromatic heterocycles. The van der Waals surface area contributed by atoms with Gasteiger partial charge in [0.15, 0.2) is 0 Å². The Labute approximate surface area is 119 Å². The van der Waals surface area contributed by atoms with Crippen molar-refractivity contribution in [2.45, 2.75) is 45.1 Å². The molecule has 2 atom stereocenters. The van der Waals surface area contributed by atoms with Gasteiger partial charge in [-0.15, -0.1) is 0 Å². The van der Waals surface area contributed by atoms with Gasteiger partial charge in [-0.1, -0.05) is 0 Å². The number of hydrogen-bond donors (Lipinski definition) is 0. The van der Waals surface area contributed by atoms with Crippen LogP contribution in [-0.2, 0) is 10.2 Å². The lowest BCUT2D eigenvalue weighted by Crippen LogP contribution is -2.37. The number of hydrogen-bond acceptors (Lipinski definition) is 4. The number of carbonyl (C=O) groups excluding carboxylic acids is 1. The highest BCUT2D eigenvalue weighted by molar-refractivity contribution is 5.69. The Hall–Kier alpha value is -1.65. The Kier molecular flexibility index (Phi) is 2.78. The number of amides is 1. The van der Waals surface area contributed by atoms with Crippen molar-refractivity contribution >= 4 is 6.09 Å². The van der Waals surface area contributed by atoms with E-state index in [0.717, 1.165) is 24.4 Å². The molecule has 20 heavy (non-hydrogen) atoms. The number of likely N-dealkylation sites (tertiary alicyclic amines) is 1. The lowest BCUT2D eigenvalue weighted by atomic mass is 10.0. The topological polar surface area (TPSA) is 55.3 Å². The molecule has 0 radical (unpaired) electrons. The first-order valence-corrected chi connectivity index (χ1v) is 7.07. The zero-order valence-electron chi connectivity index (χ0n) is 12.5. The van der Waals surface area contributed by atoms with Crippen LogP contribution in [0.3, 0.4) is 0 Å². The first-order chi connectivity index (χ1) is 9.30. The molecule has 2 unspecified atom stereocenters. The van der Waals surface area contributed by atoms with Crippen molar-refractivity contribution in [2.24, 2.45) is 5.92 Å². The second-order valence-electron chi connectivity index (χ2n) is 6.96. The maximum absolute atomic E-state index is 12.1. The number of aryl methyl sites for hydroxylation is 1. The van der Waals surface area contributed by atoms with Gasteiger partial charge in [-0.25, -0.2) is 4.79 Å². The SMILES string of the molecule is Cc1cnc(C23CC2CN(C(=O)OC(C)(C)C)C3)cn1. The van der Waals surface area contributed by atoms with Crippen LogP contribution in [0.25, 0.3) is 0 Å². The molecule has 2 heterocycles. The molecule has 1 saturated carbocycles. The Morgan fingerprint density at radius 3 is 2.75 bits per heavy atom. The fourth-order valence-corrected chi connectivity index (χ4v) is 2.99. The average Bonchev–Trinajstić information content (AvgIpc) is 2.90. The van der Waals surface area contributed by atoms with Crippen LogP contribution in [0, 0.1) is 12.8 Å². The highest BCUT2D eigenvalue weighted by atomic mass is 16.6. The second-order valence-corrected chi connectivity index (χ2v) is 6.96. The normalized spacial score (nSPS) is 28.2. The van der Waals surface area contributed by atoms with Gasteiger partial charge in [0.2, 0.25) is 0 Å². The van der Waals surface area contributed by atoms with Gasteiger partial charge in [-0.3, -0.25) is 9.97 Å². The summed E-state index contributed by atoms with van der Waals surface area (Å²) in [5, 5.41) is 0. The maximum atomic E-state index is 12.1. The molecule has 5 nitrogen and oxygen atoms in total. The van der Waals surface area contributed by atoms with Crippen LogP contribution in [0.15, 0.2) is 12.4 Å². The summed E-state index contributed by atoms with van der Waals surface area (Å²) in [7, 11) is 0. The van der Waals surface area contributed by atoms with E-state index in [9.17, 15) is 4.79 Å². The van der Waals surface area contributed by atoms with E-state index in [2.05, 4.69) is 9.97 Å². The first-order valence-electron chi connectivity index (χ1n) is 7.07. The maximum Gasteiger partial charge on any atom is 0.410 e. The monoisotopic (exact) mass is 275 g/mol. The van der Waals surface area contributed by atoms with Gasteiger partial charge in [-0.2, -0.15) is 0 Å². The van der Waals surface area contributed by atoms with Gasteiger partial charge in [0.25, 0.3) is 0 Å². The van der Waals surface area contributed by atoms with Crippen LogP contribution < -0.4 is 0 Å². The van der Waals surface area contributed by atoms with Crippen molar-refractivity contribution in [1.29, 1.82) is 0 Å². The summed E-state index contributed by atoms with van der Waals surface area (Å²) in [5.41, 5.74) is 1.52. The van der Waals surface area contributed by atoms with E-state index in [0.29, 0.717) is 12.5 Å². The van der Waals surface area contributed by atoms with E-state index in [-0.39, 0.29) is 11.5 Å². The van der Waals surface area contributed by atoms with Crippen LogP contribution in [0.5, 0.6) is 0 Å². The summed E-state index contributed by atoms with van der Waals surface area (Å²) < 4.78 is 5.44. The number of aromatic nitrogens is 2. The molecule has 0 aromatic carbocycles. The molecule has 1 aliphatic heterocycles. The van der Waals surface area contributed by atoms with Crippen LogP contribution in [0.1, 0.15) is 38.6 Å². The van der Waals surface area contributed by atoms with Crippen LogP contribution >= 0.6 is 0 Å². The smallest absolute Gasteiger partial charge is 0.410 e. The highest BCUT2D eigenvalue weighted by Gasteiger charge is 2.63. The fraction of sp³-hybridized carbons (Fsp3) is 0.667. The van der Waals surface area contributed by atoms with Crippen LogP contribution in [0.2, 0.25) is 0 Å². The number of fused-ring (bicyclic) bond motifs is 1. The summed E-state index contributed by atoms with van der Waals surface area (Å²) in [6.07, 6.45) is 4.54. The van der Waals surface area contributed by atoms with Crippen molar-refractivity contribution in [3.05, 3.63) is 23.8 Å². The van der Waals surface area contributed by atoms with E-state index in [1.165, 1.54) is 0 Å². The molecule has 1 aliphatic carbocycles. The number of piperidine rings is 1. The molecule has 2 fully saturated rings. The predicted molar refractivity (Wildman–Crippen MR) is 74.4 cm³/mol. The fourth-order valence-electron chi connectivity index (χ4n) is 2.99. The highest BCUT2D eigenvalue weighted by Crippen LogP contribution is 2.58. The number of nitrogens with zero attached hydrogens (tertiary/aromatic N) is 3. The number of rotatable bonds is 1. The third-order valence-corrected chi connectivity index (χ3v) is 4.09. The minimum Gasteiger partial charge on any atom is -0.444 e. The van der Waals surface area contributed by atoms with Crippen molar-refractivity contribution in [2.75, 3.05) is 13.1 Å². The van der Waals surface area contributed by atoms with Crippen molar-refractivity contribution in [3.8, 4) is 0 Å². The molecular formula is C15H21N3O2. The zero-order valence-corrected chi connectivity index (χ0v) is 12.5. The van der Waals surface area contributed by atoms with Crippen molar-refractivity contribution < 1.29 is 9.53 Å². The Balaban J connectivity index is 1.71. The summed E-state index contributed by atoms with van der Waals surface area (Å²) in [6, 6.07) is 0. The molecule has 1 saturated heterocycles. The van der Waals surface area contributed by atoms with Crippen LogP contribution in [-0.4, -0.2) is 39.7 Å². The quantitative estimate of drug-likeness (QED) is 0.789. The minimum absolute atomic E-state index is 0.0254. The van der Waals surface area contributed by atoms with Gasteiger partial charge in [0.05, 0.1) is 11.4 Å². The van der Waals surface area contributed by atoms with Gasteiger partial charge >= 0.3 is 6.09 Å². The van der Waals surface area contributed by atoms with Gasteiger partial charge in [0, 0.05) is 30.9 Å². The third-order valence-electron chi connectivity index (χ3n) is 4.09. The standard InChI is InChI=1S/C15H21N3O2/c1-10-6-17-12(7-16-10)15-5-11(15)8-18(9-15)13(19)20-14(2,3)4/h6-7,11H,5,8-9H2,1-4H3. The zero-order chi connectivity index (χ0) is 14.5. The third kappa shape index (κ3) is 2.25. The van der Waals surface area contributed by atoms with Crippen molar-refractivity contribution in [3.63, 3.8) is 0 Å². The summed E-state index contributed by atoms with van der Waals surface area (Å²) >= 11 is 0. The van der Waals surface area contributed by atoms with Gasteiger partial charge in [-0.05, 0) is 40.0 Å². The van der Waals surface area contributed by atoms with E-state index < -0.39 is 5.60 Å². The Morgan fingerprint density at radius 2 is 2.15 bits per heavy atom. The largest absolute Gasteiger partial charge is 0.444 e. The molecule has 0 bridgehead atoms. The van der Waals surface area contributed by atoms with E-state index in [1.807, 2.05) is 33.9 Å². The molecule has 3 rings (SSSR count). The second kappa shape index (κ2) is 4.17. The Morgan fingerprint density at radius 1 is 1.40 bits per heavy atom. The molecular weight excluding hydrogens is 254 g/mol. The Bertz CT molecular complexity index is 535. The molecule has 1 aromatic rings. The van der Waals surface area contributed by atoms with Crippen LogP contribution in [0.4, 0.5) is 4.79 Å². The van der Waals surface area contributed by atoms with E-state index in [1.54, 1.807) is 11.1 Å². The van der Waals surface area contributed by atoms with Crippen molar-refractivity contribution in [1.82, 2.24) is 14.9 Å². The molecule has 2 aliphatic rings. The molecule has 108 valence electrons. The first kappa shape index (κ1) is 13.3. The minimum atomic E-state index is -0.444. The lowest BCUT2D eigenvalue weighted by molar-refractivity contribution is 0.0270.